The Balaban J connectivity index is 1.57. The van der Waals surface area contributed by atoms with Gasteiger partial charge in [-0.2, -0.15) is 0 Å². The quantitative estimate of drug-likeness (QED) is 0.386. The highest BCUT2D eigenvalue weighted by molar-refractivity contribution is 8.03. The number of hydrazine groups is 1. The minimum Gasteiger partial charge on any atom is -0.477 e. The summed E-state index contributed by atoms with van der Waals surface area (Å²) < 4.78 is 0.683. The van der Waals surface area contributed by atoms with E-state index in [9.17, 15) is 24.6 Å². The number of quaternary nitrogens is 1. The fourth-order valence-electron chi connectivity index (χ4n) is 5.62. The number of thioether (sulfide) groups is 1. The van der Waals surface area contributed by atoms with E-state index >= 15 is 0 Å². The molecule has 6 atom stereocenters. The first-order chi connectivity index (χ1) is 14.5. The number of fused-ring (bicyclic) bond motifs is 1. The molecule has 3 saturated heterocycles. The number of carbonyl (C=O) groups is 3. The summed E-state index contributed by atoms with van der Waals surface area (Å²) in [6, 6.07) is -0.332. The molecule has 5 unspecified atom stereocenters. The van der Waals surface area contributed by atoms with Crippen molar-refractivity contribution < 1.29 is 29.1 Å². The minimum absolute atomic E-state index is 0.00700. The Kier molecular flexibility index (Phi) is 5.87. The van der Waals surface area contributed by atoms with E-state index in [0.717, 1.165) is 32.5 Å². The molecule has 0 aromatic rings. The summed E-state index contributed by atoms with van der Waals surface area (Å²) in [4.78, 5) is 39.8. The van der Waals surface area contributed by atoms with E-state index in [1.165, 1.54) is 16.7 Å². The number of hydrogen-bond donors (Lipinski definition) is 3. The molecule has 4 rings (SSSR count). The van der Waals surface area contributed by atoms with Crippen LogP contribution in [-0.4, -0.2) is 100 Å². The zero-order valence-corrected chi connectivity index (χ0v) is 19.4. The molecule has 0 spiro atoms. The molecular weight excluding hydrogens is 420 g/mol. The van der Waals surface area contributed by atoms with Crippen LogP contribution in [0.4, 0.5) is 0 Å². The number of likely N-dealkylation sites (tertiary alicyclic amines) is 1. The molecule has 4 aliphatic rings. The average molecular weight is 454 g/mol. The van der Waals surface area contributed by atoms with Crippen LogP contribution in [-0.2, 0) is 14.4 Å². The van der Waals surface area contributed by atoms with E-state index in [1.807, 2.05) is 11.9 Å². The number of rotatable bonds is 6. The number of carboxylic acid groups (broad SMARTS) is 1. The molecule has 3 fully saturated rings. The molecule has 0 aromatic heterocycles. The third kappa shape index (κ3) is 3.88. The molecule has 0 radical (unpaired) electrons. The summed E-state index contributed by atoms with van der Waals surface area (Å²) in [5.74, 6) is -2.47. The number of aliphatic hydroxyl groups is 1. The molecule has 4 heterocycles. The Morgan fingerprint density at radius 3 is 2.45 bits per heavy atom. The minimum atomic E-state index is -1.13. The van der Waals surface area contributed by atoms with Crippen molar-refractivity contribution in [2.45, 2.75) is 44.1 Å². The Morgan fingerprint density at radius 1 is 1.23 bits per heavy atom. The molecule has 10 heteroatoms. The third-order valence-corrected chi connectivity index (χ3v) is 8.71. The van der Waals surface area contributed by atoms with E-state index in [1.54, 1.807) is 6.92 Å². The zero-order chi connectivity index (χ0) is 22.7. The van der Waals surface area contributed by atoms with Gasteiger partial charge in [-0.05, 0) is 19.8 Å². The number of aliphatic carboxylic acids is 1. The molecule has 0 aliphatic carbocycles. The fraction of sp³-hybridized carbons (Fsp3) is 0.762. The van der Waals surface area contributed by atoms with E-state index in [4.69, 9.17) is 0 Å². The van der Waals surface area contributed by atoms with Gasteiger partial charge in [0.25, 0.3) is 0 Å². The maximum absolute atomic E-state index is 13.1. The summed E-state index contributed by atoms with van der Waals surface area (Å²) >= 11 is 1.45. The predicted octanol–water partition coefficient (Wildman–Crippen LogP) is 0.0751. The highest BCUT2D eigenvalue weighted by Crippen LogP contribution is 2.52. The topological polar surface area (TPSA) is 110 Å². The SMILES string of the molecule is CC(O)C1C(=O)N2C(C(=O)O)=C(SC3C[N+](C)(C)CC3C(=O)NN3CCCC3)C(C)[C@@H]12. The number of carboxylic acids is 1. The van der Waals surface area contributed by atoms with Gasteiger partial charge in [-0.3, -0.25) is 15.0 Å². The van der Waals surface area contributed by atoms with Crippen molar-refractivity contribution in [2.24, 2.45) is 17.8 Å². The van der Waals surface area contributed by atoms with Crippen LogP contribution in [0.2, 0.25) is 0 Å². The van der Waals surface area contributed by atoms with Crippen LogP contribution in [0.1, 0.15) is 26.7 Å². The normalized spacial score (nSPS) is 35.8. The monoisotopic (exact) mass is 453 g/mol. The summed E-state index contributed by atoms with van der Waals surface area (Å²) in [5.41, 5.74) is 3.09. The van der Waals surface area contributed by atoms with Crippen LogP contribution in [0, 0.1) is 17.8 Å². The standard InChI is InChI=1S/C21H32N4O5S/c1-11-16-15(12(2)26)20(28)24(16)17(21(29)30)18(11)31-14-10-25(3,4)9-13(14)19(27)22-23-7-5-6-8-23/h11-16,26H,5-10H2,1-4H3,(H-,22,27,29,30)/p+1/t11?,12?,13?,14?,15?,16-/m0/s1. The molecular formula is C21H33N4O5S+. The van der Waals surface area contributed by atoms with Crippen molar-refractivity contribution in [3.8, 4) is 0 Å². The van der Waals surface area contributed by atoms with Crippen LogP contribution in [0.25, 0.3) is 0 Å². The smallest absolute Gasteiger partial charge is 0.353 e. The lowest BCUT2D eigenvalue weighted by molar-refractivity contribution is -0.878. The summed E-state index contributed by atoms with van der Waals surface area (Å²) in [6.45, 7) is 6.65. The Bertz CT molecular complexity index is 823. The van der Waals surface area contributed by atoms with Crippen molar-refractivity contribution in [1.82, 2.24) is 15.3 Å². The molecule has 3 N–H and O–H groups in total. The van der Waals surface area contributed by atoms with E-state index in [0.29, 0.717) is 15.9 Å². The number of hydrogen-bond acceptors (Lipinski definition) is 6. The molecule has 0 saturated carbocycles. The molecule has 9 nitrogen and oxygen atoms in total. The Labute approximate surface area is 187 Å². The van der Waals surface area contributed by atoms with Crippen molar-refractivity contribution >= 4 is 29.5 Å². The van der Waals surface area contributed by atoms with Crippen LogP contribution in [0.15, 0.2) is 10.6 Å². The summed E-state index contributed by atoms with van der Waals surface area (Å²) in [7, 11) is 4.17. The number of amides is 2. The molecule has 2 amide bonds. The number of carbonyl (C=O) groups excluding carboxylic acids is 2. The van der Waals surface area contributed by atoms with Crippen LogP contribution in [0.5, 0.6) is 0 Å². The van der Waals surface area contributed by atoms with Gasteiger partial charge in [0.1, 0.15) is 11.6 Å². The molecule has 4 aliphatic heterocycles. The lowest BCUT2D eigenvalue weighted by Crippen LogP contribution is -2.63. The largest absolute Gasteiger partial charge is 0.477 e. The van der Waals surface area contributed by atoms with Crippen LogP contribution >= 0.6 is 11.8 Å². The first-order valence-electron chi connectivity index (χ1n) is 11.0. The van der Waals surface area contributed by atoms with Gasteiger partial charge in [-0.25, -0.2) is 9.80 Å². The maximum atomic E-state index is 13.1. The molecule has 0 bridgehead atoms. The van der Waals surface area contributed by atoms with Crippen LogP contribution < -0.4 is 5.43 Å². The van der Waals surface area contributed by atoms with E-state index in [2.05, 4.69) is 19.5 Å². The van der Waals surface area contributed by atoms with Crippen molar-refractivity contribution in [2.75, 3.05) is 40.3 Å². The van der Waals surface area contributed by atoms with Crippen molar-refractivity contribution in [3.05, 3.63) is 10.6 Å². The van der Waals surface area contributed by atoms with E-state index in [-0.39, 0.29) is 40.6 Å². The van der Waals surface area contributed by atoms with Crippen molar-refractivity contribution in [1.29, 1.82) is 0 Å². The van der Waals surface area contributed by atoms with Gasteiger partial charge in [0.15, 0.2) is 0 Å². The van der Waals surface area contributed by atoms with Gasteiger partial charge in [0.05, 0.1) is 50.5 Å². The molecule has 0 aromatic carbocycles. The lowest BCUT2D eigenvalue weighted by Gasteiger charge is -2.46. The second-order valence-electron chi connectivity index (χ2n) is 10.0. The molecule has 31 heavy (non-hydrogen) atoms. The highest BCUT2D eigenvalue weighted by Gasteiger charge is 2.61. The second kappa shape index (κ2) is 8.06. The van der Waals surface area contributed by atoms with Gasteiger partial charge in [-0.15, -0.1) is 11.8 Å². The predicted molar refractivity (Wildman–Crippen MR) is 115 cm³/mol. The lowest BCUT2D eigenvalue weighted by atomic mass is 9.79. The summed E-state index contributed by atoms with van der Waals surface area (Å²) in [6.07, 6.45) is 1.33. The van der Waals surface area contributed by atoms with E-state index < -0.39 is 18.0 Å². The third-order valence-electron chi connectivity index (χ3n) is 7.11. The van der Waals surface area contributed by atoms with Crippen molar-refractivity contribution in [3.63, 3.8) is 0 Å². The number of nitrogens with zero attached hydrogens (tertiary/aromatic N) is 3. The first-order valence-corrected chi connectivity index (χ1v) is 11.9. The van der Waals surface area contributed by atoms with Gasteiger partial charge >= 0.3 is 5.97 Å². The molecule has 172 valence electrons. The van der Waals surface area contributed by atoms with Gasteiger partial charge in [0, 0.05) is 23.9 Å². The number of aliphatic hydroxyl groups excluding tert-OH is 1. The maximum Gasteiger partial charge on any atom is 0.353 e. The number of nitrogens with one attached hydrogen (secondary N) is 1. The zero-order valence-electron chi connectivity index (χ0n) is 18.6. The van der Waals surface area contributed by atoms with Gasteiger partial charge < -0.3 is 19.6 Å². The van der Waals surface area contributed by atoms with Gasteiger partial charge in [-0.1, -0.05) is 6.92 Å². The summed E-state index contributed by atoms with van der Waals surface area (Å²) in [5, 5.41) is 21.8. The second-order valence-corrected chi connectivity index (χ2v) is 11.3. The average Bonchev–Trinajstić information content (AvgIpc) is 3.32. The first kappa shape index (κ1) is 22.6. The fourth-order valence-corrected chi connectivity index (χ4v) is 7.45. The highest BCUT2D eigenvalue weighted by atomic mass is 32.2. The Hall–Kier alpha value is -1.62. The van der Waals surface area contributed by atoms with Gasteiger partial charge in [0.2, 0.25) is 11.8 Å². The van der Waals surface area contributed by atoms with Crippen LogP contribution in [0.3, 0.4) is 0 Å². The number of β-lactam (4-membered cyclic amide) rings is 1. The Morgan fingerprint density at radius 2 is 1.87 bits per heavy atom.